The van der Waals surface area contributed by atoms with Crippen LogP contribution in [0.25, 0.3) is 0 Å². The molecule has 0 saturated carbocycles. The normalized spacial score (nSPS) is 10.3. The quantitative estimate of drug-likeness (QED) is 0.426. The first-order valence-corrected chi connectivity index (χ1v) is 6.76. The van der Waals surface area contributed by atoms with Crippen molar-refractivity contribution >= 4 is 40.5 Å². The molecule has 2 rings (SSSR count). The molecule has 0 aliphatic heterocycles. The third-order valence-electron chi connectivity index (χ3n) is 2.51. The Morgan fingerprint density at radius 1 is 1.10 bits per heavy atom. The fourth-order valence-electron chi connectivity index (χ4n) is 1.56. The summed E-state index contributed by atoms with van der Waals surface area (Å²) in [4.78, 5) is 10.1. The predicted molar refractivity (Wildman–Crippen MR) is 79.2 cm³/mol. The molecule has 2 aromatic carbocycles. The molecular weight excluding hydrogens is 325 g/mol. The van der Waals surface area contributed by atoms with Crippen molar-refractivity contribution in [3.63, 3.8) is 0 Å². The SMILES string of the molecule is O=[N+]([O-])c1ccc(Oc2ccc(Cl)cc2CCl)c(Cl)c1. The zero-order valence-corrected chi connectivity index (χ0v) is 12.2. The standard InChI is InChI=1S/C13H8Cl3NO3/c14-7-8-5-9(15)1-3-12(8)20-13-4-2-10(17(18)19)6-11(13)16/h1-6H,7H2. The predicted octanol–water partition coefficient (Wildman–Crippen LogP) is 5.43. The number of alkyl halides is 1. The average molecular weight is 333 g/mol. The second-order valence-electron chi connectivity index (χ2n) is 3.86. The van der Waals surface area contributed by atoms with Crippen LogP contribution in [0.5, 0.6) is 11.5 Å². The highest BCUT2D eigenvalue weighted by molar-refractivity contribution is 6.32. The molecule has 0 unspecified atom stereocenters. The number of benzene rings is 2. The van der Waals surface area contributed by atoms with Crippen LogP contribution in [0.3, 0.4) is 0 Å². The van der Waals surface area contributed by atoms with Crippen molar-refractivity contribution in [2.24, 2.45) is 0 Å². The minimum absolute atomic E-state index is 0.101. The fourth-order valence-corrected chi connectivity index (χ4v) is 2.17. The van der Waals surface area contributed by atoms with Gasteiger partial charge in [0, 0.05) is 22.7 Å². The van der Waals surface area contributed by atoms with Gasteiger partial charge < -0.3 is 4.74 Å². The molecule has 20 heavy (non-hydrogen) atoms. The second-order valence-corrected chi connectivity index (χ2v) is 4.97. The van der Waals surface area contributed by atoms with Crippen LogP contribution in [0.15, 0.2) is 36.4 Å². The summed E-state index contributed by atoms with van der Waals surface area (Å²) in [5.74, 6) is 1.03. The lowest BCUT2D eigenvalue weighted by atomic mass is 10.2. The fraction of sp³-hybridized carbons (Fsp3) is 0.0769. The molecule has 0 atom stereocenters. The van der Waals surface area contributed by atoms with Crippen LogP contribution in [0, 0.1) is 10.1 Å². The maximum Gasteiger partial charge on any atom is 0.271 e. The summed E-state index contributed by atoms with van der Waals surface area (Å²) >= 11 is 17.6. The van der Waals surface area contributed by atoms with Gasteiger partial charge in [-0.1, -0.05) is 23.2 Å². The van der Waals surface area contributed by atoms with Crippen LogP contribution in [0.2, 0.25) is 10.0 Å². The lowest BCUT2D eigenvalue weighted by Crippen LogP contribution is -1.92. The maximum absolute atomic E-state index is 10.6. The third kappa shape index (κ3) is 3.33. The zero-order chi connectivity index (χ0) is 14.7. The Bertz CT molecular complexity index is 661. The lowest BCUT2D eigenvalue weighted by molar-refractivity contribution is -0.384. The van der Waals surface area contributed by atoms with E-state index in [2.05, 4.69) is 0 Å². The van der Waals surface area contributed by atoms with E-state index in [0.29, 0.717) is 22.1 Å². The lowest BCUT2D eigenvalue weighted by Gasteiger charge is -2.11. The summed E-state index contributed by atoms with van der Waals surface area (Å²) in [6, 6.07) is 8.99. The molecule has 0 N–H and O–H groups in total. The summed E-state index contributed by atoms with van der Waals surface area (Å²) < 4.78 is 5.62. The number of rotatable bonds is 4. The van der Waals surface area contributed by atoms with Crippen LogP contribution in [0.1, 0.15) is 5.56 Å². The van der Waals surface area contributed by atoms with Gasteiger partial charge in [-0.25, -0.2) is 0 Å². The molecule has 0 saturated heterocycles. The van der Waals surface area contributed by atoms with Crippen molar-refractivity contribution in [1.29, 1.82) is 0 Å². The smallest absolute Gasteiger partial charge is 0.271 e. The zero-order valence-electron chi connectivity index (χ0n) is 9.98. The Labute approximate surface area is 130 Å². The molecule has 2 aromatic rings. The van der Waals surface area contributed by atoms with Gasteiger partial charge in [-0.3, -0.25) is 10.1 Å². The number of hydrogen-bond acceptors (Lipinski definition) is 3. The van der Waals surface area contributed by atoms with Gasteiger partial charge in [0.25, 0.3) is 5.69 Å². The highest BCUT2D eigenvalue weighted by Gasteiger charge is 2.12. The van der Waals surface area contributed by atoms with Crippen LogP contribution in [-0.4, -0.2) is 4.92 Å². The Morgan fingerprint density at radius 3 is 2.40 bits per heavy atom. The van der Waals surface area contributed by atoms with Gasteiger partial charge in [0.2, 0.25) is 0 Å². The van der Waals surface area contributed by atoms with E-state index in [1.807, 2.05) is 0 Å². The summed E-state index contributed by atoms with van der Waals surface area (Å²) in [6.07, 6.45) is 0. The van der Waals surface area contributed by atoms with E-state index < -0.39 is 4.92 Å². The number of non-ortho nitro benzene ring substituents is 1. The summed E-state index contributed by atoms with van der Waals surface area (Å²) in [6.45, 7) is 0. The van der Waals surface area contributed by atoms with Gasteiger partial charge in [0.1, 0.15) is 11.5 Å². The molecule has 0 fully saturated rings. The van der Waals surface area contributed by atoms with Crippen LogP contribution in [-0.2, 0) is 5.88 Å². The number of ether oxygens (including phenoxy) is 1. The van der Waals surface area contributed by atoms with Gasteiger partial charge in [-0.2, -0.15) is 0 Å². The van der Waals surface area contributed by atoms with E-state index in [-0.39, 0.29) is 16.6 Å². The summed E-state index contributed by atoms with van der Waals surface area (Å²) in [5.41, 5.74) is 0.601. The number of nitro groups is 1. The highest BCUT2D eigenvalue weighted by Crippen LogP contribution is 2.35. The van der Waals surface area contributed by atoms with E-state index in [0.717, 1.165) is 0 Å². The molecule has 0 aliphatic carbocycles. The first-order valence-electron chi connectivity index (χ1n) is 5.47. The number of hydrogen-bond donors (Lipinski definition) is 0. The molecule has 0 amide bonds. The highest BCUT2D eigenvalue weighted by atomic mass is 35.5. The van der Waals surface area contributed by atoms with E-state index in [1.54, 1.807) is 18.2 Å². The van der Waals surface area contributed by atoms with Crippen molar-refractivity contribution < 1.29 is 9.66 Å². The molecule has 4 nitrogen and oxygen atoms in total. The topological polar surface area (TPSA) is 52.4 Å². The third-order valence-corrected chi connectivity index (χ3v) is 3.33. The van der Waals surface area contributed by atoms with Gasteiger partial charge in [0.15, 0.2) is 0 Å². The summed E-state index contributed by atoms with van der Waals surface area (Å²) in [5, 5.41) is 11.3. The Hall–Kier alpha value is -1.49. The second kappa shape index (κ2) is 6.31. The molecule has 0 aliphatic rings. The summed E-state index contributed by atoms with van der Waals surface area (Å²) in [7, 11) is 0. The first kappa shape index (κ1) is 14.9. The van der Waals surface area contributed by atoms with E-state index in [9.17, 15) is 10.1 Å². The van der Waals surface area contributed by atoms with Gasteiger partial charge in [-0.05, 0) is 24.3 Å². The largest absolute Gasteiger partial charge is 0.455 e. The van der Waals surface area contributed by atoms with Crippen molar-refractivity contribution in [2.45, 2.75) is 5.88 Å². The minimum Gasteiger partial charge on any atom is -0.455 e. The minimum atomic E-state index is -0.526. The monoisotopic (exact) mass is 331 g/mol. The molecule has 0 bridgehead atoms. The van der Waals surface area contributed by atoms with Crippen molar-refractivity contribution in [1.82, 2.24) is 0 Å². The first-order chi connectivity index (χ1) is 9.51. The number of nitrogens with zero attached hydrogens (tertiary/aromatic N) is 1. The van der Waals surface area contributed by atoms with Crippen molar-refractivity contribution in [2.75, 3.05) is 0 Å². The van der Waals surface area contributed by atoms with E-state index in [1.165, 1.54) is 18.2 Å². The van der Waals surface area contributed by atoms with Crippen LogP contribution >= 0.6 is 34.8 Å². The van der Waals surface area contributed by atoms with E-state index in [4.69, 9.17) is 39.5 Å². The van der Waals surface area contributed by atoms with E-state index >= 15 is 0 Å². The maximum atomic E-state index is 10.6. The van der Waals surface area contributed by atoms with Crippen LogP contribution in [0.4, 0.5) is 5.69 Å². The van der Waals surface area contributed by atoms with Gasteiger partial charge in [0.05, 0.1) is 15.8 Å². The number of nitro benzene ring substituents is 1. The van der Waals surface area contributed by atoms with Crippen LogP contribution < -0.4 is 4.74 Å². The number of halogens is 3. The molecule has 7 heteroatoms. The average Bonchev–Trinajstić information content (AvgIpc) is 2.42. The van der Waals surface area contributed by atoms with Gasteiger partial charge >= 0.3 is 0 Å². The molecule has 0 spiro atoms. The van der Waals surface area contributed by atoms with Crippen molar-refractivity contribution in [3.05, 3.63) is 62.1 Å². The molecular formula is C13H8Cl3NO3. The van der Waals surface area contributed by atoms with Gasteiger partial charge in [-0.15, -0.1) is 11.6 Å². The Kier molecular flexibility index (Phi) is 4.70. The Balaban J connectivity index is 2.33. The molecule has 0 radical (unpaired) electrons. The molecule has 104 valence electrons. The van der Waals surface area contributed by atoms with Crippen molar-refractivity contribution in [3.8, 4) is 11.5 Å². The molecule has 0 heterocycles. The Morgan fingerprint density at radius 2 is 1.80 bits per heavy atom. The molecule has 0 aromatic heterocycles.